The normalized spacial score (nSPS) is 34.8. The van der Waals surface area contributed by atoms with Crippen LogP contribution in [0, 0.1) is 0 Å². The Bertz CT molecular complexity index is 184. The minimum Gasteiger partial charge on any atom is -0.370 e. The zero-order valence-electron chi connectivity index (χ0n) is 7.52. The maximum atomic E-state index is 5.71. The molecule has 0 aromatic heterocycles. The molecule has 0 radical (unpaired) electrons. The largest absolute Gasteiger partial charge is 0.370 e. The van der Waals surface area contributed by atoms with Gasteiger partial charge in [0.15, 0.2) is 0 Å². The van der Waals surface area contributed by atoms with Gasteiger partial charge in [0.2, 0.25) is 0 Å². The van der Waals surface area contributed by atoms with Crippen molar-refractivity contribution < 1.29 is 14.2 Å². The third-order valence-corrected chi connectivity index (χ3v) is 2.23. The van der Waals surface area contributed by atoms with E-state index in [1.807, 2.05) is 0 Å². The van der Waals surface area contributed by atoms with E-state index < -0.39 is 0 Å². The molecule has 0 aromatic rings. The monoisotopic (exact) mass is 182 g/mol. The van der Waals surface area contributed by atoms with E-state index in [0.29, 0.717) is 0 Å². The molecule has 0 saturated carbocycles. The fourth-order valence-corrected chi connectivity index (χ4v) is 1.26. The van der Waals surface area contributed by atoms with Gasteiger partial charge in [-0.2, -0.15) is 0 Å². The van der Waals surface area contributed by atoms with Crippen LogP contribution in [0.15, 0.2) is 25.3 Å². The van der Waals surface area contributed by atoms with E-state index in [1.54, 1.807) is 12.2 Å². The number of hydrogen-bond acceptors (Lipinski definition) is 3. The lowest BCUT2D eigenvalue weighted by Gasteiger charge is -2.16. The first-order valence-electron chi connectivity index (χ1n) is 4.49. The fourth-order valence-electron chi connectivity index (χ4n) is 1.26. The van der Waals surface area contributed by atoms with Gasteiger partial charge in [0, 0.05) is 0 Å². The number of epoxide rings is 2. The van der Waals surface area contributed by atoms with Crippen molar-refractivity contribution in [1.29, 1.82) is 0 Å². The van der Waals surface area contributed by atoms with E-state index in [1.165, 1.54) is 0 Å². The van der Waals surface area contributed by atoms with Gasteiger partial charge < -0.3 is 14.2 Å². The average molecular weight is 182 g/mol. The molecular weight excluding hydrogens is 168 g/mol. The van der Waals surface area contributed by atoms with Gasteiger partial charge in [-0.1, -0.05) is 12.2 Å². The molecule has 2 rings (SSSR count). The van der Waals surface area contributed by atoms with E-state index >= 15 is 0 Å². The van der Waals surface area contributed by atoms with Gasteiger partial charge in [0.05, 0.1) is 13.2 Å². The van der Waals surface area contributed by atoms with Gasteiger partial charge in [0.1, 0.15) is 24.4 Å². The van der Waals surface area contributed by atoms with Crippen molar-refractivity contribution in [2.45, 2.75) is 24.4 Å². The van der Waals surface area contributed by atoms with E-state index in [0.717, 1.165) is 13.2 Å². The number of hydrogen-bond donors (Lipinski definition) is 0. The fraction of sp³-hybridized carbons (Fsp3) is 0.600. The van der Waals surface area contributed by atoms with Crippen LogP contribution in [-0.2, 0) is 14.2 Å². The molecule has 72 valence electrons. The smallest absolute Gasteiger partial charge is 0.111 e. The molecule has 0 aromatic carbocycles. The van der Waals surface area contributed by atoms with Gasteiger partial charge in [-0.3, -0.25) is 0 Å². The van der Waals surface area contributed by atoms with Gasteiger partial charge >= 0.3 is 0 Å². The molecule has 0 spiro atoms. The molecule has 13 heavy (non-hydrogen) atoms. The summed E-state index contributed by atoms with van der Waals surface area (Å²) in [7, 11) is 0. The quantitative estimate of drug-likeness (QED) is 0.452. The van der Waals surface area contributed by atoms with Crippen LogP contribution in [0.4, 0.5) is 0 Å². The summed E-state index contributed by atoms with van der Waals surface area (Å²) in [6.07, 6.45) is 3.89. The Labute approximate surface area is 78.0 Å². The minimum atomic E-state index is -0.0211. The summed E-state index contributed by atoms with van der Waals surface area (Å²) in [6.45, 7) is 8.96. The van der Waals surface area contributed by atoms with E-state index in [4.69, 9.17) is 14.2 Å². The summed E-state index contributed by atoms with van der Waals surface area (Å²) >= 11 is 0. The van der Waals surface area contributed by atoms with Crippen molar-refractivity contribution >= 4 is 0 Å². The van der Waals surface area contributed by atoms with Crippen LogP contribution in [0.2, 0.25) is 0 Å². The summed E-state index contributed by atoms with van der Waals surface area (Å²) in [6, 6.07) is 0. The van der Waals surface area contributed by atoms with Crippen molar-refractivity contribution in [1.82, 2.24) is 0 Å². The predicted molar refractivity (Wildman–Crippen MR) is 48.5 cm³/mol. The minimum absolute atomic E-state index is 0.0211. The van der Waals surface area contributed by atoms with E-state index in [2.05, 4.69) is 13.2 Å². The van der Waals surface area contributed by atoms with Crippen molar-refractivity contribution in [3.05, 3.63) is 25.3 Å². The average Bonchev–Trinajstić information content (AvgIpc) is 2.99. The molecule has 0 N–H and O–H groups in total. The maximum absolute atomic E-state index is 5.71. The molecule has 3 nitrogen and oxygen atoms in total. The Hall–Kier alpha value is -0.640. The molecule has 2 saturated heterocycles. The molecule has 3 heteroatoms. The topological polar surface area (TPSA) is 34.3 Å². The van der Waals surface area contributed by atoms with E-state index in [-0.39, 0.29) is 24.4 Å². The Morgan fingerprint density at radius 1 is 1.08 bits per heavy atom. The van der Waals surface area contributed by atoms with Crippen LogP contribution in [0.1, 0.15) is 0 Å². The van der Waals surface area contributed by atoms with Crippen LogP contribution >= 0.6 is 0 Å². The van der Waals surface area contributed by atoms with Crippen molar-refractivity contribution in [3.8, 4) is 0 Å². The second-order valence-corrected chi connectivity index (χ2v) is 3.28. The maximum Gasteiger partial charge on any atom is 0.111 e. The standard InChI is InChI=1S/C10H14O3/c1-3-7(9-5-11-9)13-8(4-2)10-6-12-10/h3-4,7-10H,1-2,5-6H2. The highest BCUT2D eigenvalue weighted by atomic mass is 16.6. The third-order valence-electron chi connectivity index (χ3n) is 2.23. The predicted octanol–water partition coefficient (Wildman–Crippen LogP) is 0.910. The molecule has 0 amide bonds. The first kappa shape index (κ1) is 8.94. The number of ether oxygens (including phenoxy) is 3. The molecule has 0 aliphatic carbocycles. The molecule has 2 aliphatic heterocycles. The van der Waals surface area contributed by atoms with Crippen LogP contribution < -0.4 is 0 Å². The third kappa shape index (κ3) is 2.18. The SMILES string of the molecule is C=CC(OC(C=C)C1CO1)C1CO1. The molecule has 4 unspecified atom stereocenters. The Balaban J connectivity index is 1.84. The molecule has 0 bridgehead atoms. The molecule has 2 heterocycles. The highest BCUT2D eigenvalue weighted by Crippen LogP contribution is 2.24. The van der Waals surface area contributed by atoms with Crippen molar-refractivity contribution in [2.24, 2.45) is 0 Å². The lowest BCUT2D eigenvalue weighted by atomic mass is 10.2. The summed E-state index contributed by atoms with van der Waals surface area (Å²) < 4.78 is 16.0. The van der Waals surface area contributed by atoms with Crippen molar-refractivity contribution in [2.75, 3.05) is 13.2 Å². The highest BCUT2D eigenvalue weighted by Gasteiger charge is 2.38. The summed E-state index contributed by atoms with van der Waals surface area (Å²) in [5, 5.41) is 0. The summed E-state index contributed by atoms with van der Waals surface area (Å²) in [5.74, 6) is 0. The van der Waals surface area contributed by atoms with Gasteiger partial charge in [0.25, 0.3) is 0 Å². The summed E-state index contributed by atoms with van der Waals surface area (Å²) in [4.78, 5) is 0. The molecule has 2 fully saturated rings. The Morgan fingerprint density at radius 3 is 1.69 bits per heavy atom. The lowest BCUT2D eigenvalue weighted by Crippen LogP contribution is -2.27. The van der Waals surface area contributed by atoms with Gasteiger partial charge in [-0.15, -0.1) is 13.2 Å². The van der Waals surface area contributed by atoms with Crippen LogP contribution in [0.3, 0.4) is 0 Å². The zero-order valence-corrected chi connectivity index (χ0v) is 7.52. The molecular formula is C10H14O3. The Kier molecular flexibility index (Phi) is 2.49. The van der Waals surface area contributed by atoms with Gasteiger partial charge in [-0.05, 0) is 0 Å². The highest BCUT2D eigenvalue weighted by molar-refractivity contribution is 4.99. The van der Waals surface area contributed by atoms with Crippen LogP contribution in [0.25, 0.3) is 0 Å². The molecule has 4 atom stereocenters. The Morgan fingerprint density at radius 2 is 1.46 bits per heavy atom. The second-order valence-electron chi connectivity index (χ2n) is 3.28. The van der Waals surface area contributed by atoms with Crippen molar-refractivity contribution in [3.63, 3.8) is 0 Å². The van der Waals surface area contributed by atoms with Gasteiger partial charge in [-0.25, -0.2) is 0 Å². The molecule has 2 aliphatic rings. The first-order valence-corrected chi connectivity index (χ1v) is 4.49. The zero-order chi connectivity index (χ0) is 9.26. The second kappa shape index (κ2) is 3.62. The van der Waals surface area contributed by atoms with Crippen LogP contribution in [0.5, 0.6) is 0 Å². The number of rotatable bonds is 6. The lowest BCUT2D eigenvalue weighted by molar-refractivity contribution is 0.0119. The van der Waals surface area contributed by atoms with E-state index in [9.17, 15) is 0 Å². The first-order chi connectivity index (χ1) is 6.35. The van der Waals surface area contributed by atoms with Crippen LogP contribution in [-0.4, -0.2) is 37.6 Å². The summed E-state index contributed by atoms with van der Waals surface area (Å²) in [5.41, 5.74) is 0.